The summed E-state index contributed by atoms with van der Waals surface area (Å²) in [4.78, 5) is 1.25. The van der Waals surface area contributed by atoms with Gasteiger partial charge in [0.1, 0.15) is 0 Å². The fourth-order valence-electron chi connectivity index (χ4n) is 0.816. The quantitative estimate of drug-likeness (QED) is 0.737. The fourth-order valence-corrected chi connectivity index (χ4v) is 1.46. The third-order valence-corrected chi connectivity index (χ3v) is 2.22. The topological polar surface area (TPSA) is 66.5 Å². The van der Waals surface area contributed by atoms with E-state index in [1.165, 1.54) is 4.88 Å². The first-order chi connectivity index (χ1) is 5.95. The van der Waals surface area contributed by atoms with Crippen molar-refractivity contribution in [3.63, 3.8) is 0 Å². The molecular weight excluding hydrogens is 174 g/mol. The summed E-state index contributed by atoms with van der Waals surface area (Å²) in [5.74, 6) is 0.531. The Morgan fingerprint density at radius 1 is 1.58 bits per heavy atom. The predicted molar refractivity (Wildman–Crippen MR) is 45.8 cm³/mol. The van der Waals surface area contributed by atoms with Crippen molar-refractivity contribution < 1.29 is 0 Å². The van der Waals surface area contributed by atoms with Crippen LogP contribution in [0, 0.1) is 0 Å². The number of hydrogen-bond donors (Lipinski definition) is 2. The molecule has 0 bridgehead atoms. The van der Waals surface area contributed by atoms with Gasteiger partial charge >= 0.3 is 0 Å². The molecule has 62 valence electrons. The lowest BCUT2D eigenvalue weighted by atomic mass is 10.5. The van der Waals surface area contributed by atoms with Gasteiger partial charge in [-0.05, 0) is 16.7 Å². The van der Waals surface area contributed by atoms with E-state index in [0.717, 1.165) is 6.54 Å². The first kappa shape index (κ1) is 7.23. The second kappa shape index (κ2) is 3.31. The van der Waals surface area contributed by atoms with E-state index < -0.39 is 0 Å². The number of nitrogens with zero attached hydrogens (tertiary/aromatic N) is 3. The van der Waals surface area contributed by atoms with Crippen LogP contribution in [0.5, 0.6) is 0 Å². The molecule has 2 heterocycles. The zero-order valence-corrected chi connectivity index (χ0v) is 7.01. The molecule has 0 saturated heterocycles. The molecule has 0 spiro atoms. The monoisotopic (exact) mass is 181 g/mol. The van der Waals surface area contributed by atoms with Crippen molar-refractivity contribution in [3.8, 4) is 0 Å². The maximum atomic E-state index is 3.76. The van der Waals surface area contributed by atoms with Crippen molar-refractivity contribution in [1.29, 1.82) is 0 Å². The Morgan fingerprint density at radius 3 is 3.25 bits per heavy atom. The van der Waals surface area contributed by atoms with Gasteiger partial charge in [0.15, 0.2) is 0 Å². The van der Waals surface area contributed by atoms with Gasteiger partial charge < -0.3 is 5.32 Å². The van der Waals surface area contributed by atoms with Crippen LogP contribution in [0.1, 0.15) is 4.88 Å². The molecule has 0 aliphatic carbocycles. The van der Waals surface area contributed by atoms with E-state index in [1.54, 1.807) is 11.3 Å². The third-order valence-electron chi connectivity index (χ3n) is 1.35. The highest BCUT2D eigenvalue weighted by atomic mass is 32.1. The van der Waals surface area contributed by atoms with Crippen LogP contribution < -0.4 is 5.32 Å². The molecule has 12 heavy (non-hydrogen) atoms. The van der Waals surface area contributed by atoms with Gasteiger partial charge in [0.25, 0.3) is 5.95 Å². The van der Waals surface area contributed by atoms with Crippen LogP contribution >= 0.6 is 11.3 Å². The second-order valence-corrected chi connectivity index (χ2v) is 3.20. The Labute approximate surface area is 72.8 Å². The van der Waals surface area contributed by atoms with Crippen molar-refractivity contribution in [2.45, 2.75) is 6.54 Å². The summed E-state index contributed by atoms with van der Waals surface area (Å²) < 4.78 is 0. The maximum Gasteiger partial charge on any atom is 0.263 e. The van der Waals surface area contributed by atoms with Crippen LogP contribution in [0.25, 0.3) is 0 Å². The van der Waals surface area contributed by atoms with Crippen LogP contribution in [0.4, 0.5) is 5.95 Å². The number of aromatic amines is 1. The lowest BCUT2D eigenvalue weighted by Crippen LogP contribution is -1.98. The molecule has 0 aliphatic rings. The van der Waals surface area contributed by atoms with E-state index in [0.29, 0.717) is 5.95 Å². The number of H-pyrrole nitrogens is 1. The third kappa shape index (κ3) is 1.59. The lowest BCUT2D eigenvalue weighted by Gasteiger charge is -1.95. The molecule has 2 N–H and O–H groups in total. The van der Waals surface area contributed by atoms with Crippen LogP contribution in [-0.2, 0) is 6.54 Å². The number of anilines is 1. The van der Waals surface area contributed by atoms with Crippen LogP contribution in [0.15, 0.2) is 17.5 Å². The first-order valence-electron chi connectivity index (χ1n) is 3.45. The molecule has 0 amide bonds. The summed E-state index contributed by atoms with van der Waals surface area (Å²) in [5, 5.41) is 18.4. The minimum atomic E-state index is 0.531. The Balaban J connectivity index is 1.91. The Hall–Kier alpha value is -1.43. The second-order valence-electron chi connectivity index (χ2n) is 2.17. The summed E-state index contributed by atoms with van der Waals surface area (Å²) in [6, 6.07) is 4.07. The normalized spacial score (nSPS) is 10.0. The van der Waals surface area contributed by atoms with Gasteiger partial charge in [0.2, 0.25) is 0 Å². The summed E-state index contributed by atoms with van der Waals surface area (Å²) in [5.41, 5.74) is 0. The molecular formula is C6H7N5S. The van der Waals surface area contributed by atoms with Crippen molar-refractivity contribution in [2.24, 2.45) is 0 Å². The highest BCUT2D eigenvalue weighted by Gasteiger charge is 1.96. The minimum Gasteiger partial charge on any atom is -0.347 e. The van der Waals surface area contributed by atoms with Crippen LogP contribution in [0.2, 0.25) is 0 Å². The summed E-state index contributed by atoms with van der Waals surface area (Å²) in [6.07, 6.45) is 0. The Morgan fingerprint density at radius 2 is 2.58 bits per heavy atom. The molecule has 2 aromatic rings. The molecule has 2 rings (SSSR count). The molecule has 0 saturated carbocycles. The van der Waals surface area contributed by atoms with Gasteiger partial charge in [-0.1, -0.05) is 11.2 Å². The van der Waals surface area contributed by atoms with E-state index >= 15 is 0 Å². The highest BCUT2D eigenvalue weighted by Crippen LogP contribution is 2.09. The zero-order valence-electron chi connectivity index (χ0n) is 6.19. The van der Waals surface area contributed by atoms with Crippen molar-refractivity contribution >= 4 is 17.3 Å². The predicted octanol–water partition coefficient (Wildman–Crippen LogP) is 0.873. The molecule has 2 aromatic heterocycles. The Bertz CT molecular complexity index is 279. The van der Waals surface area contributed by atoms with Crippen molar-refractivity contribution in [3.05, 3.63) is 22.4 Å². The number of thiophene rings is 1. The maximum absolute atomic E-state index is 3.76. The lowest BCUT2D eigenvalue weighted by molar-refractivity contribution is 0.881. The van der Waals surface area contributed by atoms with Gasteiger partial charge in [0.05, 0.1) is 6.54 Å². The molecule has 0 aromatic carbocycles. The number of tetrazole rings is 1. The van der Waals surface area contributed by atoms with E-state index in [1.807, 2.05) is 11.4 Å². The van der Waals surface area contributed by atoms with Crippen molar-refractivity contribution in [1.82, 2.24) is 20.6 Å². The van der Waals surface area contributed by atoms with Crippen LogP contribution in [0.3, 0.4) is 0 Å². The molecule has 0 aliphatic heterocycles. The number of nitrogens with one attached hydrogen (secondary N) is 2. The Kier molecular flexibility index (Phi) is 2.00. The molecule has 5 nitrogen and oxygen atoms in total. The standard InChI is InChI=1S/C6H7N5S/c1-2-5(12-3-1)4-7-6-8-10-11-9-6/h1-3H,4H2,(H2,7,8,9,10,11). The smallest absolute Gasteiger partial charge is 0.263 e. The average molecular weight is 181 g/mol. The van der Waals surface area contributed by atoms with E-state index in [4.69, 9.17) is 0 Å². The van der Waals surface area contributed by atoms with Gasteiger partial charge in [-0.25, -0.2) is 0 Å². The summed E-state index contributed by atoms with van der Waals surface area (Å²) in [7, 11) is 0. The molecule has 0 atom stereocenters. The first-order valence-corrected chi connectivity index (χ1v) is 4.33. The van der Waals surface area contributed by atoms with Gasteiger partial charge in [0, 0.05) is 4.88 Å². The zero-order chi connectivity index (χ0) is 8.23. The number of aromatic nitrogens is 4. The molecule has 6 heteroatoms. The fraction of sp³-hybridized carbons (Fsp3) is 0.167. The summed E-state index contributed by atoms with van der Waals surface area (Å²) in [6.45, 7) is 0.747. The highest BCUT2D eigenvalue weighted by molar-refractivity contribution is 7.09. The molecule has 0 fully saturated rings. The SMILES string of the molecule is c1csc(CNc2nn[nH]n2)c1. The number of rotatable bonds is 3. The molecule has 0 radical (unpaired) electrons. The number of hydrogen-bond acceptors (Lipinski definition) is 5. The average Bonchev–Trinajstić information content (AvgIpc) is 2.74. The van der Waals surface area contributed by atoms with Gasteiger partial charge in [-0.3, -0.25) is 0 Å². The minimum absolute atomic E-state index is 0.531. The van der Waals surface area contributed by atoms with E-state index in [9.17, 15) is 0 Å². The summed E-state index contributed by atoms with van der Waals surface area (Å²) >= 11 is 1.70. The van der Waals surface area contributed by atoms with E-state index in [2.05, 4.69) is 32.0 Å². The largest absolute Gasteiger partial charge is 0.347 e. The van der Waals surface area contributed by atoms with E-state index in [-0.39, 0.29) is 0 Å². The van der Waals surface area contributed by atoms with Crippen LogP contribution in [-0.4, -0.2) is 20.6 Å². The molecule has 0 unspecified atom stereocenters. The van der Waals surface area contributed by atoms with Gasteiger partial charge in [-0.15, -0.1) is 16.4 Å². The van der Waals surface area contributed by atoms with Gasteiger partial charge in [-0.2, -0.15) is 5.21 Å². The van der Waals surface area contributed by atoms with Crippen molar-refractivity contribution in [2.75, 3.05) is 5.32 Å².